The van der Waals surface area contributed by atoms with Gasteiger partial charge in [0.2, 0.25) is 5.78 Å². The molecule has 3 aromatic rings. The van der Waals surface area contributed by atoms with E-state index >= 15 is 0 Å². The summed E-state index contributed by atoms with van der Waals surface area (Å²) in [7, 11) is 0. The molecule has 0 saturated carbocycles. The predicted molar refractivity (Wildman–Crippen MR) is 83.7 cm³/mol. The summed E-state index contributed by atoms with van der Waals surface area (Å²) in [6.45, 7) is 2.02. The lowest BCUT2D eigenvalue weighted by Gasteiger charge is -2.02. The lowest BCUT2D eigenvalue weighted by Crippen LogP contribution is -2.10. The zero-order valence-electron chi connectivity index (χ0n) is 11.8. The molecular formula is C17H12N2O2S. The van der Waals surface area contributed by atoms with E-state index in [1.165, 1.54) is 23.2 Å². The molecule has 22 heavy (non-hydrogen) atoms. The molecule has 0 amide bonds. The van der Waals surface area contributed by atoms with E-state index in [1.807, 2.05) is 42.6 Å². The fourth-order valence-electron chi connectivity index (χ4n) is 2.06. The van der Waals surface area contributed by atoms with Gasteiger partial charge in [0.25, 0.3) is 0 Å². The van der Waals surface area contributed by atoms with Crippen molar-refractivity contribution in [3.8, 4) is 17.3 Å². The van der Waals surface area contributed by atoms with Crippen molar-refractivity contribution in [3.63, 3.8) is 0 Å². The second kappa shape index (κ2) is 5.96. The van der Waals surface area contributed by atoms with E-state index in [1.54, 1.807) is 12.1 Å². The first kappa shape index (κ1) is 14.2. The number of carbonyl (C=O) groups excluding carboxylic acids is 1. The largest absolute Gasteiger partial charge is 0.461 e. The lowest BCUT2D eigenvalue weighted by molar-refractivity contribution is 0.0952. The second-order valence-corrected chi connectivity index (χ2v) is 5.73. The van der Waals surface area contributed by atoms with Crippen LogP contribution >= 0.6 is 11.3 Å². The van der Waals surface area contributed by atoms with Gasteiger partial charge in [0, 0.05) is 10.9 Å². The van der Waals surface area contributed by atoms with Crippen molar-refractivity contribution in [2.45, 2.75) is 12.8 Å². The molecule has 4 nitrogen and oxygen atoms in total. The number of aryl methyl sites for hydroxylation is 1. The van der Waals surface area contributed by atoms with E-state index < -0.39 is 5.92 Å². The van der Waals surface area contributed by atoms with Gasteiger partial charge in [-0.15, -0.1) is 11.3 Å². The number of Topliss-reactive ketones (excluding diaryl/α,β-unsaturated/α-hetero) is 1. The Morgan fingerprint density at radius 1 is 1.32 bits per heavy atom. The van der Waals surface area contributed by atoms with Gasteiger partial charge in [0.05, 0.1) is 18.0 Å². The number of carbonyl (C=O) groups is 1. The molecule has 0 fully saturated rings. The normalized spacial score (nSPS) is 11.8. The van der Waals surface area contributed by atoms with Crippen LogP contribution < -0.4 is 0 Å². The van der Waals surface area contributed by atoms with E-state index in [-0.39, 0.29) is 11.5 Å². The number of hydrogen-bond donors (Lipinski definition) is 0. The molecule has 108 valence electrons. The van der Waals surface area contributed by atoms with Crippen LogP contribution in [0.25, 0.3) is 11.3 Å². The molecule has 0 aliphatic heterocycles. The Labute approximate surface area is 131 Å². The van der Waals surface area contributed by atoms with Crippen LogP contribution in [-0.4, -0.2) is 10.8 Å². The van der Waals surface area contributed by atoms with Crippen LogP contribution in [0.15, 0.2) is 52.5 Å². The first-order valence-electron chi connectivity index (χ1n) is 6.69. The molecule has 1 atom stereocenters. The Morgan fingerprint density at radius 3 is 2.73 bits per heavy atom. The molecule has 1 unspecified atom stereocenters. The molecule has 5 heteroatoms. The summed E-state index contributed by atoms with van der Waals surface area (Å²) in [6, 6.07) is 13.2. The third-order valence-electron chi connectivity index (χ3n) is 3.27. The highest BCUT2D eigenvalue weighted by atomic mass is 32.1. The molecule has 0 aliphatic carbocycles. The zero-order valence-corrected chi connectivity index (χ0v) is 12.6. The number of ketones is 1. The second-order valence-electron chi connectivity index (χ2n) is 4.84. The van der Waals surface area contributed by atoms with E-state index in [0.717, 1.165) is 11.3 Å². The fraction of sp³-hybridized carbons (Fsp3) is 0.118. The zero-order chi connectivity index (χ0) is 15.5. The number of furan rings is 1. The summed E-state index contributed by atoms with van der Waals surface area (Å²) in [6.07, 6.45) is 1.42. The van der Waals surface area contributed by atoms with E-state index in [0.29, 0.717) is 5.01 Å². The standard InChI is InChI=1S/C17H12N2O2S/c1-11-4-6-12(7-5-11)14-10-22-17(19-14)13(9-18)16(20)15-3-2-8-21-15/h2-8,10,13H,1H3. The molecule has 0 radical (unpaired) electrons. The molecule has 0 spiro atoms. The predicted octanol–water partition coefficient (Wildman–Crippen LogP) is 4.20. The summed E-state index contributed by atoms with van der Waals surface area (Å²) >= 11 is 1.31. The number of nitriles is 1. The number of benzene rings is 1. The first-order valence-corrected chi connectivity index (χ1v) is 7.57. The van der Waals surface area contributed by atoms with Crippen LogP contribution in [0.3, 0.4) is 0 Å². The van der Waals surface area contributed by atoms with Crippen molar-refractivity contribution in [1.29, 1.82) is 5.26 Å². The first-order chi connectivity index (χ1) is 10.7. The van der Waals surface area contributed by atoms with Crippen molar-refractivity contribution < 1.29 is 9.21 Å². The average molecular weight is 308 g/mol. The summed E-state index contributed by atoms with van der Waals surface area (Å²) in [4.78, 5) is 16.7. The van der Waals surface area contributed by atoms with Crippen LogP contribution in [0.5, 0.6) is 0 Å². The van der Waals surface area contributed by atoms with Gasteiger partial charge in [0.1, 0.15) is 5.01 Å². The number of rotatable bonds is 4. The van der Waals surface area contributed by atoms with Gasteiger partial charge in [0.15, 0.2) is 11.7 Å². The highest BCUT2D eigenvalue weighted by Crippen LogP contribution is 2.28. The van der Waals surface area contributed by atoms with Gasteiger partial charge < -0.3 is 4.42 Å². The molecule has 3 rings (SSSR count). The minimum atomic E-state index is -0.935. The van der Waals surface area contributed by atoms with Crippen molar-refractivity contribution in [3.05, 3.63) is 64.4 Å². The number of nitrogens with zero attached hydrogens (tertiary/aromatic N) is 2. The summed E-state index contributed by atoms with van der Waals surface area (Å²) in [5.41, 5.74) is 2.91. The lowest BCUT2D eigenvalue weighted by atomic mass is 10.0. The van der Waals surface area contributed by atoms with Crippen LogP contribution in [0.1, 0.15) is 27.0 Å². The molecule has 2 heterocycles. The fourth-order valence-corrected chi connectivity index (χ4v) is 2.93. The van der Waals surface area contributed by atoms with Crippen molar-refractivity contribution in [2.75, 3.05) is 0 Å². The Kier molecular flexibility index (Phi) is 3.86. The average Bonchev–Trinajstić information content (AvgIpc) is 3.20. The maximum Gasteiger partial charge on any atom is 0.222 e. The molecule has 0 N–H and O–H groups in total. The maximum absolute atomic E-state index is 12.3. The van der Waals surface area contributed by atoms with Gasteiger partial charge in [-0.3, -0.25) is 4.79 Å². The Hall–Kier alpha value is -2.71. The SMILES string of the molecule is Cc1ccc(-c2csc(C(C#N)C(=O)c3ccco3)n2)cc1. The summed E-state index contributed by atoms with van der Waals surface area (Å²) in [5, 5.41) is 11.7. The Bertz CT molecular complexity index is 826. The summed E-state index contributed by atoms with van der Waals surface area (Å²) in [5.74, 6) is -1.12. The molecule has 2 aromatic heterocycles. The molecule has 1 aromatic carbocycles. The van der Waals surface area contributed by atoms with Gasteiger partial charge in [-0.1, -0.05) is 29.8 Å². The van der Waals surface area contributed by atoms with Gasteiger partial charge in [-0.2, -0.15) is 5.26 Å². The van der Waals surface area contributed by atoms with Gasteiger partial charge in [-0.05, 0) is 19.1 Å². The van der Waals surface area contributed by atoms with Crippen molar-refractivity contribution in [2.24, 2.45) is 0 Å². The minimum Gasteiger partial charge on any atom is -0.461 e. The molecule has 0 saturated heterocycles. The molecular weight excluding hydrogens is 296 g/mol. The number of thiazole rings is 1. The van der Waals surface area contributed by atoms with Crippen LogP contribution in [0.2, 0.25) is 0 Å². The van der Waals surface area contributed by atoms with Crippen molar-refractivity contribution >= 4 is 17.1 Å². The number of aromatic nitrogens is 1. The smallest absolute Gasteiger partial charge is 0.222 e. The highest BCUT2D eigenvalue weighted by molar-refractivity contribution is 7.10. The minimum absolute atomic E-state index is 0.179. The van der Waals surface area contributed by atoms with E-state index in [9.17, 15) is 10.1 Å². The third kappa shape index (κ3) is 2.69. The molecule has 0 bridgehead atoms. The van der Waals surface area contributed by atoms with Gasteiger partial charge >= 0.3 is 0 Å². The van der Waals surface area contributed by atoms with Crippen LogP contribution in [0.4, 0.5) is 0 Å². The highest BCUT2D eigenvalue weighted by Gasteiger charge is 2.27. The number of hydrogen-bond acceptors (Lipinski definition) is 5. The third-order valence-corrected chi connectivity index (χ3v) is 4.18. The monoisotopic (exact) mass is 308 g/mol. The molecule has 0 aliphatic rings. The van der Waals surface area contributed by atoms with Crippen LogP contribution in [-0.2, 0) is 0 Å². The maximum atomic E-state index is 12.3. The van der Waals surface area contributed by atoms with E-state index in [2.05, 4.69) is 4.98 Å². The van der Waals surface area contributed by atoms with Crippen molar-refractivity contribution in [1.82, 2.24) is 4.98 Å². The topological polar surface area (TPSA) is 66.9 Å². The van der Waals surface area contributed by atoms with Crippen LogP contribution in [0, 0.1) is 18.3 Å². The quantitative estimate of drug-likeness (QED) is 0.677. The van der Waals surface area contributed by atoms with Gasteiger partial charge in [-0.25, -0.2) is 4.98 Å². The Balaban J connectivity index is 1.90. The summed E-state index contributed by atoms with van der Waals surface area (Å²) < 4.78 is 5.08. The Morgan fingerprint density at radius 2 is 2.09 bits per heavy atom. The van der Waals surface area contributed by atoms with E-state index in [4.69, 9.17) is 4.42 Å².